The van der Waals surface area contributed by atoms with Crippen LogP contribution in [0.4, 0.5) is 0 Å². The van der Waals surface area contributed by atoms with Gasteiger partial charge in [-0.05, 0) is 37.6 Å². The molecule has 3 N–H and O–H groups in total. The molecule has 3 atom stereocenters. The first-order chi connectivity index (χ1) is 14.9. The van der Waals surface area contributed by atoms with Crippen molar-refractivity contribution in [2.24, 2.45) is 16.6 Å². The van der Waals surface area contributed by atoms with E-state index in [2.05, 4.69) is 35.4 Å². The highest BCUT2D eigenvalue weighted by atomic mass is 32.2. The third-order valence-corrected chi connectivity index (χ3v) is 8.04. The van der Waals surface area contributed by atoms with Gasteiger partial charge >= 0.3 is 0 Å². The van der Waals surface area contributed by atoms with E-state index in [9.17, 15) is 10.1 Å². The summed E-state index contributed by atoms with van der Waals surface area (Å²) in [6.45, 7) is 6.93. The fourth-order valence-corrected chi connectivity index (χ4v) is 6.05. The minimum atomic E-state index is -0.659. The molecule has 3 heterocycles. The molecule has 1 saturated heterocycles. The Bertz CT molecular complexity index is 948. The second-order valence-electron chi connectivity index (χ2n) is 8.63. The van der Waals surface area contributed by atoms with Crippen molar-refractivity contribution in [3.05, 3.63) is 46.4 Å². The lowest BCUT2D eigenvalue weighted by Gasteiger charge is -2.41. The van der Waals surface area contributed by atoms with E-state index >= 15 is 0 Å². The zero-order valence-corrected chi connectivity index (χ0v) is 19.0. The van der Waals surface area contributed by atoms with Crippen molar-refractivity contribution in [2.75, 3.05) is 45.5 Å². The maximum absolute atomic E-state index is 13.3. The van der Waals surface area contributed by atoms with Crippen LogP contribution < -0.4 is 11.1 Å². The molecule has 0 saturated carbocycles. The van der Waals surface area contributed by atoms with Gasteiger partial charge in [0.25, 0.3) is 0 Å². The van der Waals surface area contributed by atoms with Crippen molar-refractivity contribution < 1.29 is 4.79 Å². The van der Waals surface area contributed by atoms with Crippen molar-refractivity contribution in [3.63, 3.8) is 0 Å². The molecule has 1 unspecified atom stereocenters. The fraction of sp³-hybridized carbons (Fsp3) is 0.522. The Balaban J connectivity index is 1.60. The number of piperazine rings is 1. The number of amides is 1. The number of nitriles is 1. The Hall–Kier alpha value is -2.34. The van der Waals surface area contributed by atoms with Crippen LogP contribution in [0.3, 0.4) is 0 Å². The van der Waals surface area contributed by atoms with Gasteiger partial charge < -0.3 is 16.0 Å². The van der Waals surface area contributed by atoms with E-state index in [0.717, 1.165) is 55.4 Å². The predicted octanol–water partition coefficient (Wildman–Crippen LogP) is 1.73. The molecule has 1 fully saturated rings. The SMILES string of the molecule is CN1C(=O)[C@H](CCN2CCNCC2)[C@@](C)(C2=CC(c3cccc(C#N)c3)CS2)N=C1N. The van der Waals surface area contributed by atoms with Crippen molar-refractivity contribution in [1.29, 1.82) is 5.26 Å². The van der Waals surface area contributed by atoms with Gasteiger partial charge in [0.2, 0.25) is 5.91 Å². The number of hydrogen-bond acceptors (Lipinski definition) is 7. The highest BCUT2D eigenvalue weighted by molar-refractivity contribution is 8.03. The van der Waals surface area contributed by atoms with Crippen LogP contribution in [0.25, 0.3) is 0 Å². The van der Waals surface area contributed by atoms with Gasteiger partial charge in [0.05, 0.1) is 17.6 Å². The lowest BCUT2D eigenvalue weighted by Crippen LogP contribution is -2.56. The number of nitrogens with two attached hydrogens (primary N) is 1. The van der Waals surface area contributed by atoms with Crippen LogP contribution in [0.1, 0.15) is 30.4 Å². The largest absolute Gasteiger partial charge is 0.369 e. The molecular formula is C23H30N6OS. The van der Waals surface area contributed by atoms with Crippen molar-refractivity contribution >= 4 is 23.6 Å². The van der Waals surface area contributed by atoms with E-state index in [0.29, 0.717) is 5.56 Å². The number of nitrogens with zero attached hydrogens (tertiary/aromatic N) is 4. The molecule has 0 radical (unpaired) electrons. The third kappa shape index (κ3) is 4.36. The number of benzene rings is 1. The van der Waals surface area contributed by atoms with Gasteiger partial charge in [-0.2, -0.15) is 5.26 Å². The van der Waals surface area contributed by atoms with Gasteiger partial charge in [0.15, 0.2) is 5.96 Å². The summed E-state index contributed by atoms with van der Waals surface area (Å²) in [5, 5.41) is 12.6. The van der Waals surface area contributed by atoms with Gasteiger partial charge in [0, 0.05) is 49.8 Å². The Morgan fingerprint density at radius 3 is 2.90 bits per heavy atom. The van der Waals surface area contributed by atoms with Gasteiger partial charge in [-0.1, -0.05) is 18.2 Å². The van der Waals surface area contributed by atoms with Gasteiger partial charge in [-0.3, -0.25) is 9.69 Å². The monoisotopic (exact) mass is 438 g/mol. The molecule has 8 heteroatoms. The predicted molar refractivity (Wildman–Crippen MR) is 125 cm³/mol. The minimum Gasteiger partial charge on any atom is -0.369 e. The number of allylic oxidation sites excluding steroid dienone is 1. The highest BCUT2D eigenvalue weighted by Gasteiger charge is 2.48. The van der Waals surface area contributed by atoms with Crippen LogP contribution in [-0.4, -0.2) is 72.7 Å². The molecule has 164 valence electrons. The first-order valence-corrected chi connectivity index (χ1v) is 11.8. The molecule has 4 rings (SSSR count). The Kier molecular flexibility index (Phi) is 6.37. The molecular weight excluding hydrogens is 408 g/mol. The average Bonchev–Trinajstić information content (AvgIpc) is 3.29. The van der Waals surface area contributed by atoms with Crippen molar-refractivity contribution in [2.45, 2.75) is 24.8 Å². The molecule has 0 aromatic heterocycles. The van der Waals surface area contributed by atoms with Crippen LogP contribution in [0.2, 0.25) is 0 Å². The van der Waals surface area contributed by atoms with E-state index in [4.69, 9.17) is 10.7 Å². The van der Waals surface area contributed by atoms with Crippen molar-refractivity contribution in [1.82, 2.24) is 15.1 Å². The maximum atomic E-state index is 13.3. The van der Waals surface area contributed by atoms with Gasteiger partial charge in [-0.25, -0.2) is 4.99 Å². The second-order valence-corrected chi connectivity index (χ2v) is 9.70. The number of guanidine groups is 1. The minimum absolute atomic E-state index is 0.0431. The summed E-state index contributed by atoms with van der Waals surface area (Å²) in [7, 11) is 1.71. The van der Waals surface area contributed by atoms with Crippen LogP contribution >= 0.6 is 11.8 Å². The maximum Gasteiger partial charge on any atom is 0.234 e. The van der Waals surface area contributed by atoms with Gasteiger partial charge in [-0.15, -0.1) is 11.8 Å². The molecule has 1 aromatic rings. The average molecular weight is 439 g/mol. The summed E-state index contributed by atoms with van der Waals surface area (Å²) in [4.78, 5) is 23.2. The Morgan fingerprint density at radius 1 is 1.39 bits per heavy atom. The summed E-state index contributed by atoms with van der Waals surface area (Å²) in [6.07, 6.45) is 2.98. The molecule has 1 amide bonds. The molecule has 31 heavy (non-hydrogen) atoms. The quantitative estimate of drug-likeness (QED) is 0.727. The topological polar surface area (TPSA) is 97.8 Å². The fourth-order valence-electron chi connectivity index (χ4n) is 4.66. The summed E-state index contributed by atoms with van der Waals surface area (Å²) >= 11 is 1.76. The zero-order valence-electron chi connectivity index (χ0n) is 18.2. The van der Waals surface area contributed by atoms with E-state index in [1.807, 2.05) is 18.2 Å². The molecule has 3 aliphatic heterocycles. The first kappa shape index (κ1) is 21.9. The van der Waals surface area contributed by atoms with Crippen LogP contribution in [-0.2, 0) is 4.79 Å². The molecule has 3 aliphatic rings. The molecule has 1 aromatic carbocycles. The molecule has 7 nitrogen and oxygen atoms in total. The third-order valence-electron chi connectivity index (χ3n) is 6.65. The Labute approximate surface area is 188 Å². The number of nitrogens with one attached hydrogen (secondary N) is 1. The second kappa shape index (κ2) is 9.03. The van der Waals surface area contributed by atoms with E-state index in [1.54, 1.807) is 18.8 Å². The Morgan fingerprint density at radius 2 is 2.16 bits per heavy atom. The van der Waals surface area contributed by atoms with Gasteiger partial charge in [0.1, 0.15) is 5.54 Å². The normalized spacial score (nSPS) is 29.5. The first-order valence-electron chi connectivity index (χ1n) is 10.8. The summed E-state index contributed by atoms with van der Waals surface area (Å²) in [5.74, 6) is 1.15. The van der Waals surface area contributed by atoms with E-state index in [1.165, 1.54) is 4.90 Å². The van der Waals surface area contributed by atoms with Crippen LogP contribution in [0.5, 0.6) is 0 Å². The standard InChI is InChI=1S/C23H30N6OS/c1-23(20-13-18(15-31-20)17-5-3-4-16(12-17)14-24)19(21(30)28(2)22(25)27-23)6-9-29-10-7-26-8-11-29/h3-5,12-13,18-19,26H,6-11,15H2,1-2H3,(H2,25,27)/t18?,19-,23-/m0/s1. The summed E-state index contributed by atoms with van der Waals surface area (Å²) < 4.78 is 0. The number of thioether (sulfide) groups is 1. The molecule has 0 bridgehead atoms. The van der Waals surface area contributed by atoms with E-state index < -0.39 is 5.54 Å². The lowest BCUT2D eigenvalue weighted by atomic mass is 9.79. The number of carbonyl (C=O) groups is 1. The number of hydrogen-bond donors (Lipinski definition) is 2. The van der Waals surface area contributed by atoms with Crippen LogP contribution in [0.15, 0.2) is 40.2 Å². The number of rotatable bonds is 5. The highest BCUT2D eigenvalue weighted by Crippen LogP contribution is 2.48. The zero-order chi connectivity index (χ0) is 22.0. The smallest absolute Gasteiger partial charge is 0.234 e. The lowest BCUT2D eigenvalue weighted by molar-refractivity contribution is -0.133. The van der Waals surface area contributed by atoms with Crippen molar-refractivity contribution in [3.8, 4) is 6.07 Å². The molecule has 0 aliphatic carbocycles. The molecule has 0 spiro atoms. The summed E-state index contributed by atoms with van der Waals surface area (Å²) in [5.41, 5.74) is 7.29. The van der Waals surface area contributed by atoms with Crippen LogP contribution in [0, 0.1) is 17.2 Å². The number of carbonyl (C=O) groups excluding carboxylic acids is 1. The van der Waals surface area contributed by atoms with E-state index in [-0.39, 0.29) is 23.7 Å². The summed E-state index contributed by atoms with van der Waals surface area (Å²) in [6, 6.07) is 9.98. The number of aliphatic imine (C=N–C) groups is 1.